The molecule has 2 aromatic rings. The molecule has 20 heavy (non-hydrogen) atoms. The van der Waals surface area contributed by atoms with Crippen molar-refractivity contribution in [3.05, 3.63) is 71.8 Å². The lowest BCUT2D eigenvalue weighted by Crippen LogP contribution is -2.42. The first-order valence-corrected chi connectivity index (χ1v) is 7.91. The highest BCUT2D eigenvalue weighted by atomic mass is 32.2. The van der Waals surface area contributed by atoms with Gasteiger partial charge in [-0.05, 0) is 17.5 Å². The van der Waals surface area contributed by atoms with Gasteiger partial charge in [0.2, 0.25) is 0 Å². The van der Waals surface area contributed by atoms with Crippen molar-refractivity contribution in [2.75, 3.05) is 6.54 Å². The lowest BCUT2D eigenvalue weighted by Gasteiger charge is -2.33. The van der Waals surface area contributed by atoms with E-state index in [4.69, 9.17) is 0 Å². The molecule has 104 valence electrons. The van der Waals surface area contributed by atoms with Crippen LogP contribution in [0.1, 0.15) is 17.5 Å². The van der Waals surface area contributed by atoms with E-state index in [1.807, 2.05) is 60.7 Å². The molecule has 2 N–H and O–H groups in total. The molecule has 0 radical (unpaired) electrons. The first-order valence-electron chi connectivity index (χ1n) is 6.70. The summed E-state index contributed by atoms with van der Waals surface area (Å²) in [6, 6.07) is 19.0. The third kappa shape index (κ3) is 2.20. The molecule has 1 aliphatic heterocycles. The van der Waals surface area contributed by atoms with Crippen molar-refractivity contribution in [1.29, 1.82) is 0 Å². The van der Waals surface area contributed by atoms with E-state index in [2.05, 4.69) is 4.72 Å². The summed E-state index contributed by atoms with van der Waals surface area (Å²) in [5.74, 6) is 0. The van der Waals surface area contributed by atoms with Crippen molar-refractivity contribution in [2.24, 2.45) is 0 Å². The topological polar surface area (TPSA) is 49.3 Å². The third-order valence-electron chi connectivity index (χ3n) is 3.80. The van der Waals surface area contributed by atoms with Gasteiger partial charge < -0.3 is 5.11 Å². The van der Waals surface area contributed by atoms with Gasteiger partial charge in [-0.3, -0.25) is 0 Å². The van der Waals surface area contributed by atoms with Crippen LogP contribution in [0.5, 0.6) is 0 Å². The fourth-order valence-corrected chi connectivity index (χ4v) is 4.22. The first kappa shape index (κ1) is 13.5. The summed E-state index contributed by atoms with van der Waals surface area (Å²) < 4.78 is 15.1. The number of hydrogen-bond acceptors (Lipinski definition) is 2. The van der Waals surface area contributed by atoms with E-state index in [1.54, 1.807) is 0 Å². The van der Waals surface area contributed by atoms with E-state index in [0.29, 0.717) is 13.0 Å². The second kappa shape index (κ2) is 5.48. The van der Waals surface area contributed by atoms with Crippen molar-refractivity contribution >= 4 is 11.0 Å². The van der Waals surface area contributed by atoms with Crippen molar-refractivity contribution in [1.82, 2.24) is 4.72 Å². The molecule has 4 heteroatoms. The number of benzene rings is 2. The van der Waals surface area contributed by atoms with Gasteiger partial charge in [-0.25, -0.2) is 8.93 Å². The van der Waals surface area contributed by atoms with Gasteiger partial charge >= 0.3 is 0 Å². The zero-order valence-electron chi connectivity index (χ0n) is 11.0. The SMILES string of the molecule is O=[S@@]1NCC[C@@H]1C(O)(c1ccccc1)c1ccccc1. The minimum absolute atomic E-state index is 0.340. The normalized spacial score (nSPS) is 22.9. The van der Waals surface area contributed by atoms with Crippen LogP contribution in [0.3, 0.4) is 0 Å². The van der Waals surface area contributed by atoms with Crippen LogP contribution in [0.25, 0.3) is 0 Å². The van der Waals surface area contributed by atoms with E-state index in [0.717, 1.165) is 11.1 Å². The minimum atomic E-state index is -1.23. The van der Waals surface area contributed by atoms with Gasteiger partial charge in [0.15, 0.2) is 0 Å². The van der Waals surface area contributed by atoms with Crippen LogP contribution >= 0.6 is 0 Å². The highest BCUT2D eigenvalue weighted by molar-refractivity contribution is 7.84. The maximum atomic E-state index is 12.2. The molecule has 1 heterocycles. The van der Waals surface area contributed by atoms with E-state index in [9.17, 15) is 9.32 Å². The van der Waals surface area contributed by atoms with Crippen molar-refractivity contribution in [2.45, 2.75) is 17.3 Å². The zero-order valence-corrected chi connectivity index (χ0v) is 11.8. The molecule has 0 bridgehead atoms. The first-order chi connectivity index (χ1) is 9.73. The minimum Gasteiger partial charge on any atom is -0.379 e. The lowest BCUT2D eigenvalue weighted by atomic mass is 9.82. The Bertz CT molecular complexity index is 561. The Kier molecular flexibility index (Phi) is 3.70. The van der Waals surface area contributed by atoms with Gasteiger partial charge in [-0.1, -0.05) is 60.7 Å². The quantitative estimate of drug-likeness (QED) is 0.906. The highest BCUT2D eigenvalue weighted by Gasteiger charge is 2.45. The van der Waals surface area contributed by atoms with Crippen molar-refractivity contribution < 1.29 is 9.32 Å². The summed E-state index contributed by atoms with van der Waals surface area (Å²) in [6.07, 6.45) is 0.687. The lowest BCUT2D eigenvalue weighted by molar-refractivity contribution is 0.0766. The van der Waals surface area contributed by atoms with Crippen molar-refractivity contribution in [3.8, 4) is 0 Å². The highest BCUT2D eigenvalue weighted by Crippen LogP contribution is 2.38. The van der Waals surface area contributed by atoms with Gasteiger partial charge in [0.25, 0.3) is 0 Å². The molecule has 1 saturated heterocycles. The number of aliphatic hydroxyl groups is 1. The van der Waals surface area contributed by atoms with E-state index in [-0.39, 0.29) is 5.25 Å². The van der Waals surface area contributed by atoms with E-state index < -0.39 is 16.6 Å². The van der Waals surface area contributed by atoms with Crippen LogP contribution < -0.4 is 4.72 Å². The van der Waals surface area contributed by atoms with Crippen LogP contribution in [0.2, 0.25) is 0 Å². The maximum Gasteiger partial charge on any atom is 0.130 e. The van der Waals surface area contributed by atoms with Gasteiger partial charge in [0.1, 0.15) is 5.60 Å². The Labute approximate surface area is 121 Å². The number of hydrogen-bond donors (Lipinski definition) is 2. The monoisotopic (exact) mass is 287 g/mol. The fraction of sp³-hybridized carbons (Fsp3) is 0.250. The van der Waals surface area contributed by atoms with Crippen LogP contribution in [0.15, 0.2) is 60.7 Å². The fourth-order valence-electron chi connectivity index (χ4n) is 2.78. The molecule has 0 unspecified atom stereocenters. The summed E-state index contributed by atoms with van der Waals surface area (Å²) in [7, 11) is -1.23. The van der Waals surface area contributed by atoms with Crippen LogP contribution in [-0.4, -0.2) is 21.1 Å². The van der Waals surface area contributed by atoms with E-state index in [1.165, 1.54) is 0 Å². The van der Waals surface area contributed by atoms with Gasteiger partial charge in [-0.2, -0.15) is 0 Å². The van der Waals surface area contributed by atoms with E-state index >= 15 is 0 Å². The molecule has 2 aromatic carbocycles. The molecular formula is C16H17NO2S. The molecule has 0 aliphatic carbocycles. The standard InChI is InChI=1S/C16H17NO2S/c18-16(13-7-3-1-4-8-13,14-9-5-2-6-10-14)15-11-12-17-20(15)19/h1-10,15,17-18H,11-12H2/t15-,20+/m1/s1. The average Bonchev–Trinajstić information content (AvgIpc) is 2.95. The van der Waals surface area contributed by atoms with Gasteiger partial charge in [0.05, 0.1) is 16.2 Å². The molecule has 0 aromatic heterocycles. The number of rotatable bonds is 3. The molecule has 1 fully saturated rings. The largest absolute Gasteiger partial charge is 0.379 e. The summed E-state index contributed by atoms with van der Waals surface area (Å²) in [4.78, 5) is 0. The average molecular weight is 287 g/mol. The molecule has 0 saturated carbocycles. The summed E-state index contributed by atoms with van der Waals surface area (Å²) in [6.45, 7) is 0.666. The second-order valence-corrected chi connectivity index (χ2v) is 6.42. The molecule has 2 atom stereocenters. The predicted molar refractivity (Wildman–Crippen MR) is 80.4 cm³/mol. The van der Waals surface area contributed by atoms with Crippen LogP contribution in [0.4, 0.5) is 0 Å². The zero-order chi connectivity index (χ0) is 14.0. The summed E-state index contributed by atoms with van der Waals surface area (Å²) in [5.41, 5.74) is 0.346. The van der Waals surface area contributed by atoms with Crippen LogP contribution in [0, 0.1) is 0 Å². The Morgan fingerprint density at radius 2 is 1.50 bits per heavy atom. The Balaban J connectivity index is 2.15. The maximum absolute atomic E-state index is 12.2. The molecule has 3 rings (SSSR count). The predicted octanol–water partition coefficient (Wildman–Crippen LogP) is 1.95. The third-order valence-corrected chi connectivity index (χ3v) is 5.39. The number of nitrogens with one attached hydrogen (secondary N) is 1. The van der Waals surface area contributed by atoms with Crippen molar-refractivity contribution in [3.63, 3.8) is 0 Å². The van der Waals surface area contributed by atoms with Gasteiger partial charge in [-0.15, -0.1) is 0 Å². The Hall–Kier alpha value is -1.49. The summed E-state index contributed by atoms with van der Waals surface area (Å²) in [5, 5.41) is 11.1. The second-order valence-electron chi connectivity index (χ2n) is 4.97. The Morgan fingerprint density at radius 1 is 1.00 bits per heavy atom. The van der Waals surface area contributed by atoms with Gasteiger partial charge in [0, 0.05) is 6.54 Å². The van der Waals surface area contributed by atoms with Crippen LogP contribution in [-0.2, 0) is 16.6 Å². The smallest absolute Gasteiger partial charge is 0.130 e. The molecule has 0 amide bonds. The summed E-state index contributed by atoms with van der Waals surface area (Å²) >= 11 is 0. The Morgan fingerprint density at radius 3 is 1.90 bits per heavy atom. The molecule has 1 aliphatic rings. The molecule has 3 nitrogen and oxygen atoms in total. The molecular weight excluding hydrogens is 270 g/mol. The molecule has 0 spiro atoms.